The van der Waals surface area contributed by atoms with E-state index in [4.69, 9.17) is 38.3 Å². The number of hydrogen-bond acceptors (Lipinski definition) is 5. The lowest BCUT2D eigenvalue weighted by molar-refractivity contribution is 0.414. The van der Waals surface area contributed by atoms with Crippen molar-refractivity contribution < 1.29 is 13.9 Å². The van der Waals surface area contributed by atoms with Gasteiger partial charge in [-0.05, 0) is 43.4 Å². The number of methoxy groups -OCH3 is 1. The average molecular weight is 345 g/mol. The van der Waals surface area contributed by atoms with E-state index in [1.807, 2.05) is 43.3 Å². The van der Waals surface area contributed by atoms with E-state index in [9.17, 15) is 0 Å². The Morgan fingerprint density at radius 1 is 1.17 bits per heavy atom. The Bertz CT molecular complexity index is 795. The molecule has 1 aliphatic rings. The Hall–Kier alpha value is -2.18. The summed E-state index contributed by atoms with van der Waals surface area (Å²) in [6, 6.07) is 11.4. The first-order chi connectivity index (χ1) is 11.1. The van der Waals surface area contributed by atoms with Crippen molar-refractivity contribution in [1.82, 2.24) is 4.90 Å². The minimum absolute atomic E-state index is 0.375. The lowest BCUT2D eigenvalue weighted by atomic mass is 10.1. The van der Waals surface area contributed by atoms with E-state index in [2.05, 4.69) is 0 Å². The van der Waals surface area contributed by atoms with Crippen molar-refractivity contribution in [2.45, 2.75) is 6.92 Å². The average Bonchev–Trinajstić information content (AvgIpc) is 3.12. The van der Waals surface area contributed by atoms with E-state index in [1.165, 1.54) is 0 Å². The first-order valence-corrected chi connectivity index (χ1v) is 7.94. The van der Waals surface area contributed by atoms with Crippen molar-refractivity contribution in [2.24, 2.45) is 0 Å². The van der Waals surface area contributed by atoms with Crippen LogP contribution < -0.4 is 4.74 Å². The van der Waals surface area contributed by atoms with E-state index in [1.54, 1.807) is 18.1 Å². The summed E-state index contributed by atoms with van der Waals surface area (Å²) in [5, 5.41) is 0.375. The number of para-hydroxylation sites is 1. The van der Waals surface area contributed by atoms with Crippen LogP contribution in [-0.2, 0) is 4.74 Å². The number of hydrogen-bond donors (Lipinski definition) is 0. The molecule has 0 bridgehead atoms. The molecule has 1 fully saturated rings. The van der Waals surface area contributed by atoms with Gasteiger partial charge in [-0.15, -0.1) is 0 Å². The molecule has 2 heterocycles. The molecule has 0 spiro atoms. The number of nitrogens with zero attached hydrogens (tertiary/aromatic N) is 1. The van der Waals surface area contributed by atoms with E-state index >= 15 is 0 Å². The molecule has 0 atom stereocenters. The molecule has 0 radical (unpaired) electrons. The van der Waals surface area contributed by atoms with Crippen molar-refractivity contribution in [3.8, 4) is 17.1 Å². The van der Waals surface area contributed by atoms with Crippen LogP contribution in [0.1, 0.15) is 12.7 Å². The van der Waals surface area contributed by atoms with Gasteiger partial charge in [-0.3, -0.25) is 4.90 Å². The molecule has 4 nitrogen and oxygen atoms in total. The van der Waals surface area contributed by atoms with Gasteiger partial charge < -0.3 is 13.9 Å². The molecule has 0 saturated carbocycles. The van der Waals surface area contributed by atoms with Crippen molar-refractivity contribution in [3.05, 3.63) is 47.9 Å². The Balaban J connectivity index is 1.90. The minimum Gasteiger partial charge on any atom is -0.496 e. The van der Waals surface area contributed by atoms with Crippen LogP contribution in [0.15, 0.2) is 46.6 Å². The molecule has 6 heteroatoms. The largest absolute Gasteiger partial charge is 0.496 e. The third-order valence-electron chi connectivity index (χ3n) is 3.46. The highest BCUT2D eigenvalue weighted by Gasteiger charge is 2.28. The van der Waals surface area contributed by atoms with Gasteiger partial charge in [-0.25, -0.2) is 0 Å². The second-order valence-electron chi connectivity index (χ2n) is 4.83. The van der Waals surface area contributed by atoms with Crippen LogP contribution in [0.2, 0.25) is 0 Å². The van der Waals surface area contributed by atoms with Crippen LogP contribution in [0.5, 0.6) is 5.75 Å². The Labute approximate surface area is 145 Å². The molecule has 2 aromatic rings. The van der Waals surface area contributed by atoms with Gasteiger partial charge in [-0.2, -0.15) is 0 Å². The zero-order valence-electron chi connectivity index (χ0n) is 12.7. The van der Waals surface area contributed by atoms with Gasteiger partial charge in [0, 0.05) is 12.6 Å². The SMILES string of the molecule is CCN1C(=S)OC(=Cc2ccc(-c3ccccc3OC)o2)C1=S. The number of likely N-dealkylation sites (N-methyl/N-ethyl adjacent to an activating group) is 1. The zero-order valence-corrected chi connectivity index (χ0v) is 14.4. The molecule has 1 saturated heterocycles. The fraction of sp³-hybridized carbons (Fsp3) is 0.176. The molecule has 3 rings (SSSR count). The highest BCUT2D eigenvalue weighted by atomic mass is 32.1. The van der Waals surface area contributed by atoms with Crippen LogP contribution in [0.3, 0.4) is 0 Å². The predicted octanol–water partition coefficient (Wildman–Crippen LogP) is 4.26. The third-order valence-corrected chi connectivity index (χ3v) is 4.19. The van der Waals surface area contributed by atoms with Gasteiger partial charge in [0.15, 0.2) is 10.7 Å². The summed E-state index contributed by atoms with van der Waals surface area (Å²) in [6.45, 7) is 2.65. The number of rotatable bonds is 4. The second kappa shape index (κ2) is 6.52. The first-order valence-electron chi connectivity index (χ1n) is 7.12. The lowest BCUT2D eigenvalue weighted by Crippen LogP contribution is -2.26. The smallest absolute Gasteiger partial charge is 0.270 e. The summed E-state index contributed by atoms with van der Waals surface area (Å²) in [7, 11) is 1.63. The standard InChI is InChI=1S/C17H15NO3S2/c1-3-18-16(22)15(21-17(18)23)10-11-8-9-14(20-11)12-6-4-5-7-13(12)19-2/h4-10H,3H2,1-2H3. The topological polar surface area (TPSA) is 34.8 Å². The lowest BCUT2D eigenvalue weighted by Gasteiger charge is -2.09. The Morgan fingerprint density at radius 3 is 2.65 bits per heavy atom. The predicted molar refractivity (Wildman–Crippen MR) is 97.3 cm³/mol. The van der Waals surface area contributed by atoms with Crippen LogP contribution in [0.4, 0.5) is 0 Å². The molecular formula is C17H15NO3S2. The molecular weight excluding hydrogens is 330 g/mol. The highest BCUT2D eigenvalue weighted by Crippen LogP contribution is 2.32. The van der Waals surface area contributed by atoms with Crippen molar-refractivity contribution in [1.29, 1.82) is 0 Å². The minimum atomic E-state index is 0.375. The summed E-state index contributed by atoms with van der Waals surface area (Å²) in [5.41, 5.74) is 0.889. The van der Waals surface area contributed by atoms with Crippen LogP contribution in [0.25, 0.3) is 17.4 Å². The zero-order chi connectivity index (χ0) is 16.4. The number of furan rings is 1. The number of benzene rings is 1. The van der Waals surface area contributed by atoms with Gasteiger partial charge in [0.2, 0.25) is 0 Å². The molecule has 0 aliphatic carbocycles. The summed E-state index contributed by atoms with van der Waals surface area (Å²) in [4.78, 5) is 2.34. The van der Waals surface area contributed by atoms with Crippen LogP contribution >= 0.6 is 24.4 Å². The van der Waals surface area contributed by atoms with Crippen molar-refractivity contribution in [2.75, 3.05) is 13.7 Å². The molecule has 0 unspecified atom stereocenters. The summed E-state index contributed by atoms with van der Waals surface area (Å²) >= 11 is 10.5. The highest BCUT2D eigenvalue weighted by molar-refractivity contribution is 7.82. The Kier molecular flexibility index (Phi) is 4.45. The molecule has 23 heavy (non-hydrogen) atoms. The molecule has 118 valence electrons. The third kappa shape index (κ3) is 3.00. The molecule has 0 N–H and O–H groups in total. The summed E-state index contributed by atoms with van der Waals surface area (Å²) in [6.07, 6.45) is 1.75. The monoisotopic (exact) mass is 345 g/mol. The quantitative estimate of drug-likeness (QED) is 0.608. The normalized spacial score (nSPS) is 16.1. The van der Waals surface area contributed by atoms with E-state index < -0.39 is 0 Å². The van der Waals surface area contributed by atoms with Crippen molar-refractivity contribution >= 4 is 40.7 Å². The van der Waals surface area contributed by atoms with Crippen LogP contribution in [0, 0.1) is 0 Å². The number of ether oxygens (including phenoxy) is 2. The first kappa shape index (κ1) is 15.7. The number of thiocarbonyl (C=S) groups is 2. The van der Waals surface area contributed by atoms with E-state index in [-0.39, 0.29) is 0 Å². The van der Waals surface area contributed by atoms with Gasteiger partial charge in [0.25, 0.3) is 5.17 Å². The maximum absolute atomic E-state index is 5.87. The van der Waals surface area contributed by atoms with Gasteiger partial charge in [0.05, 0.1) is 12.7 Å². The molecule has 1 aromatic heterocycles. The van der Waals surface area contributed by atoms with Gasteiger partial charge >= 0.3 is 0 Å². The molecule has 1 aromatic carbocycles. The fourth-order valence-corrected chi connectivity index (χ4v) is 3.01. The fourth-order valence-electron chi connectivity index (χ4n) is 2.33. The molecule has 1 aliphatic heterocycles. The maximum Gasteiger partial charge on any atom is 0.270 e. The summed E-state index contributed by atoms with van der Waals surface area (Å²) in [5.74, 6) is 2.65. The molecule has 0 amide bonds. The second-order valence-corrected chi connectivity index (χ2v) is 5.56. The van der Waals surface area contributed by atoms with E-state index in [0.717, 1.165) is 11.3 Å². The van der Waals surface area contributed by atoms with Gasteiger partial charge in [-0.1, -0.05) is 24.4 Å². The van der Waals surface area contributed by atoms with Crippen molar-refractivity contribution in [3.63, 3.8) is 0 Å². The summed E-state index contributed by atoms with van der Waals surface area (Å²) < 4.78 is 16.8. The van der Waals surface area contributed by atoms with Gasteiger partial charge in [0.1, 0.15) is 17.3 Å². The maximum atomic E-state index is 5.87. The van der Waals surface area contributed by atoms with Crippen LogP contribution in [-0.4, -0.2) is 28.7 Å². The Morgan fingerprint density at radius 2 is 1.96 bits per heavy atom. The van der Waals surface area contributed by atoms with E-state index in [0.29, 0.717) is 34.0 Å².